The Labute approximate surface area is 105 Å². The van der Waals surface area contributed by atoms with E-state index in [9.17, 15) is 13.2 Å². The van der Waals surface area contributed by atoms with E-state index in [1.807, 2.05) is 4.72 Å². The monoisotopic (exact) mass is 290 g/mol. The van der Waals surface area contributed by atoms with E-state index in [1.165, 1.54) is 6.92 Å². The summed E-state index contributed by atoms with van der Waals surface area (Å²) in [5, 5.41) is 15.7. The molecule has 0 aromatic carbocycles. The quantitative estimate of drug-likeness (QED) is 0.822. The minimum absolute atomic E-state index is 0.176. The maximum Gasteiger partial charge on any atom is 0.356 e. The van der Waals surface area contributed by atoms with Gasteiger partial charge in [0.25, 0.3) is 10.0 Å². The third-order valence-electron chi connectivity index (χ3n) is 1.73. The summed E-state index contributed by atoms with van der Waals surface area (Å²) in [6.45, 7) is 1.49. The normalized spacial score (nSPS) is 11.4. The fourth-order valence-corrected chi connectivity index (χ4v) is 3.13. The summed E-state index contributed by atoms with van der Waals surface area (Å²) in [5.41, 5.74) is 0.570. The van der Waals surface area contributed by atoms with Crippen molar-refractivity contribution in [1.29, 1.82) is 0 Å². The van der Waals surface area contributed by atoms with Crippen LogP contribution < -0.4 is 4.72 Å². The first-order valence-electron chi connectivity index (χ1n) is 4.40. The van der Waals surface area contributed by atoms with Gasteiger partial charge in [-0.1, -0.05) is 5.10 Å². The molecule has 2 heterocycles. The molecule has 0 saturated carbocycles. The largest absolute Gasteiger partial charge is 0.476 e. The van der Waals surface area contributed by atoms with Gasteiger partial charge in [-0.25, -0.2) is 22.9 Å². The van der Waals surface area contributed by atoms with Gasteiger partial charge < -0.3 is 9.52 Å². The van der Waals surface area contributed by atoms with Crippen molar-refractivity contribution in [2.75, 3.05) is 4.72 Å². The first-order valence-corrected chi connectivity index (χ1v) is 6.76. The van der Waals surface area contributed by atoms with Gasteiger partial charge in [0.15, 0.2) is 9.90 Å². The van der Waals surface area contributed by atoms with Crippen LogP contribution in [0.4, 0.5) is 6.01 Å². The van der Waals surface area contributed by atoms with Crippen LogP contribution >= 0.6 is 11.3 Å². The zero-order valence-corrected chi connectivity index (χ0v) is 10.4. The minimum Gasteiger partial charge on any atom is -0.476 e. The molecule has 9 nitrogen and oxygen atoms in total. The first kappa shape index (κ1) is 12.4. The number of nitrogens with one attached hydrogen (secondary N) is 1. The number of aromatic carboxylic acids is 1. The summed E-state index contributed by atoms with van der Waals surface area (Å²) in [5.74, 6) is -1.26. The van der Waals surface area contributed by atoms with E-state index in [2.05, 4.69) is 15.2 Å². The maximum absolute atomic E-state index is 11.9. The molecule has 0 aliphatic carbocycles. The molecule has 0 fully saturated rings. The fraction of sp³-hybridized carbons (Fsp3) is 0.143. The van der Waals surface area contributed by atoms with E-state index in [4.69, 9.17) is 9.52 Å². The molecule has 0 saturated heterocycles. The number of rotatable bonds is 4. The number of thiazole rings is 1. The highest BCUT2D eigenvalue weighted by molar-refractivity contribution is 7.94. The molecule has 18 heavy (non-hydrogen) atoms. The van der Waals surface area contributed by atoms with E-state index in [1.54, 1.807) is 0 Å². The lowest BCUT2D eigenvalue weighted by Crippen LogP contribution is -2.15. The zero-order chi connectivity index (χ0) is 13.3. The molecular formula is C7H6N4O5S2. The van der Waals surface area contributed by atoms with Gasteiger partial charge in [0, 0.05) is 6.92 Å². The Morgan fingerprint density at radius 2 is 2.22 bits per heavy atom. The maximum atomic E-state index is 11.9. The van der Waals surface area contributed by atoms with Crippen LogP contribution in [0.3, 0.4) is 0 Å². The first-order chi connectivity index (χ1) is 8.40. The molecule has 2 aromatic rings. The summed E-state index contributed by atoms with van der Waals surface area (Å²) < 4.78 is 30.1. The number of carbonyl (C=O) groups is 1. The molecule has 2 N–H and O–H groups in total. The van der Waals surface area contributed by atoms with E-state index >= 15 is 0 Å². The molecule has 0 amide bonds. The molecule has 0 spiro atoms. The number of sulfonamides is 1. The van der Waals surface area contributed by atoms with Crippen LogP contribution in [0.1, 0.15) is 16.4 Å². The molecule has 0 bridgehead atoms. The number of aryl methyl sites for hydroxylation is 1. The fourth-order valence-electron chi connectivity index (χ4n) is 1.07. The minimum atomic E-state index is -4.10. The van der Waals surface area contributed by atoms with Crippen molar-refractivity contribution in [3.8, 4) is 0 Å². The Kier molecular flexibility index (Phi) is 3.00. The smallest absolute Gasteiger partial charge is 0.356 e. The Morgan fingerprint density at radius 3 is 2.78 bits per heavy atom. The third kappa shape index (κ3) is 2.31. The average molecular weight is 290 g/mol. The van der Waals surface area contributed by atoms with Crippen molar-refractivity contribution in [3.63, 3.8) is 0 Å². The highest BCUT2D eigenvalue weighted by Crippen LogP contribution is 2.22. The summed E-state index contributed by atoms with van der Waals surface area (Å²) in [6, 6.07) is -0.336. The second-order valence-electron chi connectivity index (χ2n) is 3.03. The SMILES string of the molecule is Cc1nnc(NS(=O)(=O)c2scnc2C(=O)O)o1. The van der Waals surface area contributed by atoms with E-state index in [-0.39, 0.29) is 11.9 Å². The van der Waals surface area contributed by atoms with Crippen LogP contribution in [0, 0.1) is 6.92 Å². The second kappa shape index (κ2) is 4.34. The van der Waals surface area contributed by atoms with Crippen molar-refractivity contribution >= 4 is 33.3 Å². The van der Waals surface area contributed by atoms with Crippen LogP contribution in [-0.4, -0.2) is 34.7 Å². The van der Waals surface area contributed by atoms with Gasteiger partial charge in [-0.2, -0.15) is 0 Å². The third-order valence-corrected chi connectivity index (χ3v) is 4.42. The zero-order valence-electron chi connectivity index (χ0n) is 8.82. The van der Waals surface area contributed by atoms with Gasteiger partial charge in [-0.15, -0.1) is 16.4 Å². The van der Waals surface area contributed by atoms with E-state index < -0.39 is 25.9 Å². The molecule has 2 aromatic heterocycles. The Morgan fingerprint density at radius 1 is 1.50 bits per heavy atom. The lowest BCUT2D eigenvalue weighted by molar-refractivity contribution is 0.0687. The van der Waals surface area contributed by atoms with Crippen molar-refractivity contribution in [3.05, 3.63) is 17.1 Å². The molecule has 0 atom stereocenters. The highest BCUT2D eigenvalue weighted by Gasteiger charge is 2.27. The Hall–Kier alpha value is -2.01. The Bertz CT molecular complexity index is 688. The number of anilines is 1. The molecular weight excluding hydrogens is 284 g/mol. The van der Waals surface area contributed by atoms with Crippen molar-refractivity contribution < 1.29 is 22.7 Å². The summed E-state index contributed by atoms with van der Waals surface area (Å²) in [4.78, 5) is 14.2. The van der Waals surface area contributed by atoms with Gasteiger partial charge in [0.1, 0.15) is 0 Å². The lowest BCUT2D eigenvalue weighted by atomic mass is 10.5. The number of hydrogen-bond donors (Lipinski definition) is 2. The summed E-state index contributed by atoms with van der Waals surface area (Å²) >= 11 is 0.679. The molecule has 0 aliphatic rings. The number of hydrogen-bond acceptors (Lipinski definition) is 8. The van der Waals surface area contributed by atoms with Crippen LogP contribution in [0.15, 0.2) is 14.1 Å². The molecule has 0 aliphatic heterocycles. The average Bonchev–Trinajstić information content (AvgIpc) is 2.86. The lowest BCUT2D eigenvalue weighted by Gasteiger charge is -2.01. The van der Waals surface area contributed by atoms with Gasteiger partial charge in [-0.05, 0) is 0 Å². The molecule has 96 valence electrons. The number of nitrogens with zero attached hydrogens (tertiary/aromatic N) is 3. The number of aromatic nitrogens is 3. The van der Waals surface area contributed by atoms with E-state index in [0.717, 1.165) is 5.51 Å². The predicted octanol–water partition coefficient (Wildman–Crippen LogP) is 0.334. The molecule has 2 rings (SSSR count). The van der Waals surface area contributed by atoms with Crippen LogP contribution in [0.2, 0.25) is 0 Å². The standard InChI is InChI=1S/C7H6N4O5S2/c1-3-9-10-7(16-3)11-18(14,15)6-4(5(12)13)8-2-17-6/h2H,1H3,(H,10,11)(H,12,13). The van der Waals surface area contributed by atoms with Gasteiger partial charge in [-0.3, -0.25) is 0 Å². The second-order valence-corrected chi connectivity index (χ2v) is 5.76. The van der Waals surface area contributed by atoms with Gasteiger partial charge in [0.05, 0.1) is 5.51 Å². The van der Waals surface area contributed by atoms with Crippen LogP contribution in [0.5, 0.6) is 0 Å². The Balaban J connectivity index is 2.37. The number of carboxylic acids is 1. The van der Waals surface area contributed by atoms with Gasteiger partial charge >= 0.3 is 12.0 Å². The summed E-state index contributed by atoms with van der Waals surface area (Å²) in [7, 11) is -4.10. The molecule has 11 heteroatoms. The number of carboxylic acid groups (broad SMARTS) is 1. The molecule has 0 radical (unpaired) electrons. The van der Waals surface area contributed by atoms with Crippen LogP contribution in [-0.2, 0) is 10.0 Å². The molecule has 0 unspecified atom stereocenters. The predicted molar refractivity (Wildman–Crippen MR) is 58.9 cm³/mol. The topological polar surface area (TPSA) is 135 Å². The van der Waals surface area contributed by atoms with Crippen molar-refractivity contribution in [2.45, 2.75) is 11.1 Å². The van der Waals surface area contributed by atoms with E-state index in [0.29, 0.717) is 11.3 Å². The van der Waals surface area contributed by atoms with Crippen molar-refractivity contribution in [2.24, 2.45) is 0 Å². The highest BCUT2D eigenvalue weighted by atomic mass is 32.2. The van der Waals surface area contributed by atoms with Crippen LogP contribution in [0.25, 0.3) is 0 Å². The summed E-state index contributed by atoms with van der Waals surface area (Å²) in [6.07, 6.45) is 0. The van der Waals surface area contributed by atoms with Gasteiger partial charge in [0.2, 0.25) is 5.89 Å². The van der Waals surface area contributed by atoms with Crippen molar-refractivity contribution in [1.82, 2.24) is 15.2 Å².